The largest absolute Gasteiger partial charge is 0.496 e. The third-order valence-electron chi connectivity index (χ3n) is 3.09. The van der Waals surface area contributed by atoms with Gasteiger partial charge in [0.15, 0.2) is 0 Å². The minimum Gasteiger partial charge on any atom is -0.496 e. The van der Waals surface area contributed by atoms with Gasteiger partial charge in [0.2, 0.25) is 5.91 Å². The van der Waals surface area contributed by atoms with Crippen LogP contribution in [0.25, 0.3) is 0 Å². The van der Waals surface area contributed by atoms with Crippen molar-refractivity contribution in [2.24, 2.45) is 5.73 Å². The molecule has 3 nitrogen and oxygen atoms in total. The molecule has 0 aromatic heterocycles. The van der Waals surface area contributed by atoms with Crippen molar-refractivity contribution in [2.75, 3.05) is 7.11 Å². The molecule has 1 aromatic rings. The first-order valence-corrected chi connectivity index (χ1v) is 6.09. The highest BCUT2D eigenvalue weighted by Gasteiger charge is 2.28. The van der Waals surface area contributed by atoms with Crippen LogP contribution in [0.1, 0.15) is 29.9 Å². The van der Waals surface area contributed by atoms with Crippen LogP contribution in [0.15, 0.2) is 16.6 Å². The van der Waals surface area contributed by atoms with Gasteiger partial charge >= 0.3 is 0 Å². The molecule has 1 amide bonds. The SMILES string of the molecule is COc1ccc(Br)c2c1CCCC2C(N)=O. The minimum atomic E-state index is -0.255. The van der Waals surface area contributed by atoms with E-state index >= 15 is 0 Å². The molecule has 16 heavy (non-hydrogen) atoms. The number of primary amides is 1. The van der Waals surface area contributed by atoms with E-state index in [2.05, 4.69) is 15.9 Å². The molecule has 86 valence electrons. The molecular formula is C12H14BrNO2. The second kappa shape index (κ2) is 4.45. The number of halogens is 1. The van der Waals surface area contributed by atoms with E-state index in [9.17, 15) is 4.79 Å². The van der Waals surface area contributed by atoms with Crippen LogP contribution < -0.4 is 10.5 Å². The number of ether oxygens (including phenoxy) is 1. The fraction of sp³-hybridized carbons (Fsp3) is 0.417. The Morgan fingerprint density at radius 1 is 1.56 bits per heavy atom. The lowest BCUT2D eigenvalue weighted by atomic mass is 9.82. The van der Waals surface area contributed by atoms with E-state index in [0.29, 0.717) is 0 Å². The topological polar surface area (TPSA) is 52.3 Å². The smallest absolute Gasteiger partial charge is 0.225 e. The van der Waals surface area contributed by atoms with Crippen molar-refractivity contribution >= 4 is 21.8 Å². The summed E-state index contributed by atoms with van der Waals surface area (Å²) >= 11 is 3.49. The highest BCUT2D eigenvalue weighted by atomic mass is 79.9. The zero-order valence-corrected chi connectivity index (χ0v) is 10.7. The highest BCUT2D eigenvalue weighted by Crippen LogP contribution is 2.40. The van der Waals surface area contributed by atoms with E-state index < -0.39 is 0 Å². The Bertz CT molecular complexity index is 431. The van der Waals surface area contributed by atoms with E-state index in [4.69, 9.17) is 10.5 Å². The molecule has 1 aromatic carbocycles. The molecule has 1 aliphatic rings. The lowest BCUT2D eigenvalue weighted by Crippen LogP contribution is -2.25. The van der Waals surface area contributed by atoms with Crippen LogP contribution in [0.4, 0.5) is 0 Å². The standard InChI is InChI=1S/C12H14BrNO2/c1-16-10-6-5-9(13)11-7(10)3-2-4-8(11)12(14)15/h5-6,8H,2-4H2,1H3,(H2,14,15). The molecule has 0 aliphatic heterocycles. The van der Waals surface area contributed by atoms with E-state index in [-0.39, 0.29) is 11.8 Å². The summed E-state index contributed by atoms with van der Waals surface area (Å²) in [5.74, 6) is 0.410. The van der Waals surface area contributed by atoms with Crippen molar-refractivity contribution in [2.45, 2.75) is 25.2 Å². The molecule has 1 unspecified atom stereocenters. The summed E-state index contributed by atoms with van der Waals surface area (Å²) in [7, 11) is 1.65. The molecule has 0 radical (unpaired) electrons. The maximum Gasteiger partial charge on any atom is 0.225 e. The third-order valence-corrected chi connectivity index (χ3v) is 3.78. The van der Waals surface area contributed by atoms with Gasteiger partial charge in [-0.25, -0.2) is 0 Å². The fourth-order valence-corrected chi connectivity index (χ4v) is 3.00. The van der Waals surface area contributed by atoms with Gasteiger partial charge in [-0.15, -0.1) is 0 Å². The van der Waals surface area contributed by atoms with E-state index in [1.54, 1.807) is 7.11 Å². The molecule has 2 rings (SSSR count). The van der Waals surface area contributed by atoms with Crippen molar-refractivity contribution in [3.05, 3.63) is 27.7 Å². The molecule has 1 aliphatic carbocycles. The zero-order valence-electron chi connectivity index (χ0n) is 9.13. The summed E-state index contributed by atoms with van der Waals surface area (Å²) in [5, 5.41) is 0. The van der Waals surface area contributed by atoms with Gasteiger partial charge in [-0.1, -0.05) is 15.9 Å². The van der Waals surface area contributed by atoms with Crippen molar-refractivity contribution in [3.63, 3.8) is 0 Å². The molecular weight excluding hydrogens is 270 g/mol. The summed E-state index contributed by atoms with van der Waals surface area (Å²) in [6.07, 6.45) is 2.75. The first-order valence-electron chi connectivity index (χ1n) is 5.29. The predicted molar refractivity (Wildman–Crippen MR) is 65.6 cm³/mol. The zero-order chi connectivity index (χ0) is 11.7. The number of methoxy groups -OCH3 is 1. The number of nitrogens with two attached hydrogens (primary N) is 1. The normalized spacial score (nSPS) is 19.0. The van der Waals surface area contributed by atoms with Crippen LogP contribution in [-0.2, 0) is 11.2 Å². The average Bonchev–Trinajstić information content (AvgIpc) is 2.29. The molecule has 0 saturated carbocycles. The van der Waals surface area contributed by atoms with E-state index in [1.807, 2.05) is 12.1 Å². The Kier molecular flexibility index (Phi) is 3.19. The van der Waals surface area contributed by atoms with Gasteiger partial charge in [-0.3, -0.25) is 4.79 Å². The van der Waals surface area contributed by atoms with Crippen molar-refractivity contribution in [3.8, 4) is 5.75 Å². The molecule has 2 N–H and O–H groups in total. The number of benzene rings is 1. The predicted octanol–water partition coefficient (Wildman–Crippen LogP) is 2.36. The lowest BCUT2D eigenvalue weighted by molar-refractivity contribution is -0.119. The Hall–Kier alpha value is -1.03. The van der Waals surface area contributed by atoms with Crippen molar-refractivity contribution in [1.29, 1.82) is 0 Å². The highest BCUT2D eigenvalue weighted by molar-refractivity contribution is 9.10. The molecule has 1 atom stereocenters. The Morgan fingerprint density at radius 3 is 2.94 bits per heavy atom. The fourth-order valence-electron chi connectivity index (χ4n) is 2.35. The van der Waals surface area contributed by atoms with E-state index in [0.717, 1.165) is 40.6 Å². The molecule has 0 fully saturated rings. The van der Waals surface area contributed by atoms with Gasteiger partial charge in [0.05, 0.1) is 13.0 Å². The number of fused-ring (bicyclic) bond motifs is 1. The summed E-state index contributed by atoms with van der Waals surface area (Å²) in [6, 6.07) is 3.84. The van der Waals surface area contributed by atoms with Crippen molar-refractivity contribution < 1.29 is 9.53 Å². The van der Waals surface area contributed by atoms with Crippen LogP contribution in [0.2, 0.25) is 0 Å². The number of amides is 1. The molecule has 0 heterocycles. The lowest BCUT2D eigenvalue weighted by Gasteiger charge is -2.25. The molecule has 4 heteroatoms. The van der Waals surface area contributed by atoms with Crippen molar-refractivity contribution in [1.82, 2.24) is 0 Å². The Labute approximate surface area is 103 Å². The van der Waals surface area contributed by atoms with Crippen LogP contribution in [0.5, 0.6) is 5.75 Å². The van der Waals surface area contributed by atoms with Gasteiger partial charge in [0, 0.05) is 4.47 Å². The Morgan fingerprint density at radius 2 is 2.31 bits per heavy atom. The van der Waals surface area contributed by atoms with Crippen LogP contribution in [0, 0.1) is 0 Å². The minimum absolute atomic E-state index is 0.187. The first-order chi connectivity index (χ1) is 7.65. The average molecular weight is 284 g/mol. The van der Waals surface area contributed by atoms with Crippen LogP contribution in [0.3, 0.4) is 0 Å². The maximum atomic E-state index is 11.4. The van der Waals surface area contributed by atoms with Gasteiger partial charge in [-0.2, -0.15) is 0 Å². The summed E-state index contributed by atoms with van der Waals surface area (Å²) in [4.78, 5) is 11.4. The van der Waals surface area contributed by atoms with Crippen LogP contribution >= 0.6 is 15.9 Å². The number of carbonyl (C=O) groups is 1. The summed E-state index contributed by atoms with van der Waals surface area (Å²) in [6.45, 7) is 0. The number of hydrogen-bond donors (Lipinski definition) is 1. The second-order valence-electron chi connectivity index (χ2n) is 3.99. The second-order valence-corrected chi connectivity index (χ2v) is 4.84. The van der Waals surface area contributed by atoms with Gasteiger partial charge in [0.1, 0.15) is 5.75 Å². The van der Waals surface area contributed by atoms with Crippen LogP contribution in [-0.4, -0.2) is 13.0 Å². The molecule has 0 spiro atoms. The first kappa shape index (κ1) is 11.5. The van der Waals surface area contributed by atoms with Gasteiger partial charge in [0.25, 0.3) is 0 Å². The number of hydrogen-bond acceptors (Lipinski definition) is 2. The monoisotopic (exact) mass is 283 g/mol. The third kappa shape index (κ3) is 1.82. The Balaban J connectivity index is 2.58. The van der Waals surface area contributed by atoms with Gasteiger partial charge < -0.3 is 10.5 Å². The summed E-state index contributed by atoms with van der Waals surface area (Å²) < 4.78 is 6.27. The quantitative estimate of drug-likeness (QED) is 0.906. The molecule has 0 bridgehead atoms. The number of carbonyl (C=O) groups excluding carboxylic acids is 1. The maximum absolute atomic E-state index is 11.4. The molecule has 0 saturated heterocycles. The number of rotatable bonds is 2. The van der Waals surface area contributed by atoms with E-state index in [1.165, 1.54) is 0 Å². The summed E-state index contributed by atoms with van der Waals surface area (Å²) in [5.41, 5.74) is 7.57. The van der Waals surface area contributed by atoms with Gasteiger partial charge in [-0.05, 0) is 42.5 Å².